The van der Waals surface area contributed by atoms with Gasteiger partial charge in [-0.15, -0.1) is 0 Å². The second-order valence-corrected chi connectivity index (χ2v) is 6.25. The lowest BCUT2D eigenvalue weighted by atomic mass is 10.2. The minimum Gasteiger partial charge on any atom is -0.467 e. The molecule has 1 aromatic heterocycles. The highest BCUT2D eigenvalue weighted by atomic mass is 79.9. The maximum Gasteiger partial charge on any atom is 0.319 e. The summed E-state index contributed by atoms with van der Waals surface area (Å²) in [5.41, 5.74) is 1.79. The van der Waals surface area contributed by atoms with Gasteiger partial charge in [0.15, 0.2) is 0 Å². The summed E-state index contributed by atoms with van der Waals surface area (Å²) in [5.74, 6) is 0.458. The lowest BCUT2D eigenvalue weighted by molar-refractivity contribution is 0.102. The van der Waals surface area contributed by atoms with Crippen LogP contribution in [0.1, 0.15) is 16.1 Å². The van der Waals surface area contributed by atoms with Crippen molar-refractivity contribution < 1.29 is 14.0 Å². The summed E-state index contributed by atoms with van der Waals surface area (Å²) < 4.78 is 5.87. The quantitative estimate of drug-likeness (QED) is 0.570. The summed E-state index contributed by atoms with van der Waals surface area (Å²) in [6, 6.07) is 17.2. The average Bonchev–Trinajstić information content (AvgIpc) is 3.15. The zero-order valence-electron chi connectivity index (χ0n) is 13.7. The Kier molecular flexibility index (Phi) is 5.70. The van der Waals surface area contributed by atoms with Crippen LogP contribution >= 0.6 is 15.9 Å². The Morgan fingerprint density at radius 1 is 0.885 bits per heavy atom. The van der Waals surface area contributed by atoms with Crippen molar-refractivity contribution in [2.45, 2.75) is 6.54 Å². The van der Waals surface area contributed by atoms with Crippen LogP contribution in [0.5, 0.6) is 0 Å². The molecule has 7 heteroatoms. The molecule has 132 valence electrons. The lowest BCUT2D eigenvalue weighted by Gasteiger charge is -2.09. The number of benzene rings is 2. The Bertz CT molecular complexity index is 893. The number of urea groups is 1. The van der Waals surface area contributed by atoms with Gasteiger partial charge < -0.3 is 20.4 Å². The molecule has 0 aliphatic heterocycles. The van der Waals surface area contributed by atoms with Gasteiger partial charge in [-0.25, -0.2) is 4.79 Å². The molecule has 0 bridgehead atoms. The molecule has 0 aliphatic rings. The molecule has 0 spiro atoms. The maximum atomic E-state index is 12.3. The van der Waals surface area contributed by atoms with E-state index in [0.29, 0.717) is 29.2 Å². The second kappa shape index (κ2) is 8.35. The van der Waals surface area contributed by atoms with E-state index in [1.54, 1.807) is 54.8 Å². The Labute approximate surface area is 158 Å². The van der Waals surface area contributed by atoms with Crippen LogP contribution in [-0.4, -0.2) is 11.9 Å². The van der Waals surface area contributed by atoms with Crippen molar-refractivity contribution >= 4 is 39.2 Å². The summed E-state index contributed by atoms with van der Waals surface area (Å²) >= 11 is 3.36. The molecule has 26 heavy (non-hydrogen) atoms. The first-order valence-electron chi connectivity index (χ1n) is 7.85. The Hall–Kier alpha value is -3.06. The number of hydrogen-bond acceptors (Lipinski definition) is 3. The minimum atomic E-state index is -0.341. The topological polar surface area (TPSA) is 83.4 Å². The van der Waals surface area contributed by atoms with Crippen molar-refractivity contribution in [1.29, 1.82) is 0 Å². The molecule has 0 saturated carbocycles. The van der Waals surface area contributed by atoms with Gasteiger partial charge in [-0.1, -0.05) is 12.1 Å². The molecule has 0 atom stereocenters. The van der Waals surface area contributed by atoms with Crippen LogP contribution in [0.4, 0.5) is 16.2 Å². The molecule has 3 rings (SSSR count). The second-order valence-electron chi connectivity index (χ2n) is 5.40. The van der Waals surface area contributed by atoms with Gasteiger partial charge in [0.25, 0.3) is 5.91 Å². The third-order valence-electron chi connectivity index (χ3n) is 3.52. The summed E-state index contributed by atoms with van der Waals surface area (Å²) in [4.78, 5) is 24.1. The van der Waals surface area contributed by atoms with Gasteiger partial charge in [0, 0.05) is 15.8 Å². The molecular formula is C19H16BrN3O3. The first kappa shape index (κ1) is 17.8. The molecule has 0 fully saturated rings. The van der Waals surface area contributed by atoms with Crippen LogP contribution in [0, 0.1) is 0 Å². The number of carbonyl (C=O) groups excluding carboxylic acids is 2. The van der Waals surface area contributed by atoms with E-state index in [1.807, 2.05) is 12.1 Å². The van der Waals surface area contributed by atoms with Crippen LogP contribution in [-0.2, 0) is 6.54 Å². The molecule has 2 aromatic carbocycles. The van der Waals surface area contributed by atoms with Gasteiger partial charge in [0.1, 0.15) is 5.76 Å². The number of anilines is 2. The highest BCUT2D eigenvalue weighted by molar-refractivity contribution is 9.10. The van der Waals surface area contributed by atoms with Crippen molar-refractivity contribution in [2.75, 3.05) is 10.6 Å². The van der Waals surface area contributed by atoms with E-state index in [0.717, 1.165) is 4.47 Å². The van der Waals surface area contributed by atoms with Gasteiger partial charge >= 0.3 is 6.03 Å². The van der Waals surface area contributed by atoms with Crippen molar-refractivity contribution in [1.82, 2.24) is 5.32 Å². The third kappa shape index (κ3) is 4.73. The van der Waals surface area contributed by atoms with Crippen LogP contribution in [0.15, 0.2) is 75.8 Å². The number of rotatable bonds is 5. The normalized spacial score (nSPS) is 10.2. The molecule has 0 radical (unpaired) electrons. The van der Waals surface area contributed by atoms with Crippen LogP contribution < -0.4 is 16.0 Å². The molecule has 1 heterocycles. The van der Waals surface area contributed by atoms with Crippen LogP contribution in [0.2, 0.25) is 0 Å². The van der Waals surface area contributed by atoms with E-state index >= 15 is 0 Å². The Morgan fingerprint density at radius 3 is 2.23 bits per heavy atom. The highest BCUT2D eigenvalue weighted by Gasteiger charge is 2.09. The molecular weight excluding hydrogens is 398 g/mol. The minimum absolute atomic E-state index is 0.214. The van der Waals surface area contributed by atoms with Gasteiger partial charge in [0.2, 0.25) is 0 Å². The lowest BCUT2D eigenvalue weighted by Crippen LogP contribution is -2.27. The van der Waals surface area contributed by atoms with E-state index in [-0.39, 0.29) is 11.9 Å². The van der Waals surface area contributed by atoms with E-state index < -0.39 is 0 Å². The number of carbonyl (C=O) groups is 2. The fraction of sp³-hybridized carbons (Fsp3) is 0.0526. The van der Waals surface area contributed by atoms with Crippen molar-refractivity contribution in [3.63, 3.8) is 0 Å². The van der Waals surface area contributed by atoms with Gasteiger partial charge in [-0.05, 0) is 64.5 Å². The van der Waals surface area contributed by atoms with E-state index in [4.69, 9.17) is 4.42 Å². The molecule has 3 aromatic rings. The van der Waals surface area contributed by atoms with Crippen molar-refractivity contribution in [3.05, 3.63) is 82.7 Å². The first-order valence-corrected chi connectivity index (χ1v) is 8.64. The summed E-state index contributed by atoms with van der Waals surface area (Å²) in [7, 11) is 0. The Morgan fingerprint density at radius 2 is 1.58 bits per heavy atom. The number of amides is 3. The molecule has 3 N–H and O–H groups in total. The molecule has 0 unspecified atom stereocenters. The number of nitrogens with one attached hydrogen (secondary N) is 3. The third-order valence-corrected chi connectivity index (χ3v) is 4.21. The standard InChI is InChI=1S/C19H16BrN3O3/c20-17-6-2-1-5-16(17)18(24)22-13-7-9-14(10-8-13)23-19(25)21-12-15-4-3-11-26-15/h1-11H,12H2,(H,22,24)(H2,21,23,25). The largest absolute Gasteiger partial charge is 0.467 e. The predicted octanol–water partition coefficient (Wildman–Crippen LogP) is 4.62. The SMILES string of the molecule is O=C(NCc1ccco1)Nc1ccc(NC(=O)c2ccccc2Br)cc1. The molecule has 0 saturated heterocycles. The van der Waals surface area contributed by atoms with Crippen molar-refractivity contribution in [3.8, 4) is 0 Å². The van der Waals surface area contributed by atoms with Crippen molar-refractivity contribution in [2.24, 2.45) is 0 Å². The smallest absolute Gasteiger partial charge is 0.319 e. The monoisotopic (exact) mass is 413 g/mol. The maximum absolute atomic E-state index is 12.3. The fourth-order valence-electron chi connectivity index (χ4n) is 2.24. The van der Waals surface area contributed by atoms with E-state index in [9.17, 15) is 9.59 Å². The van der Waals surface area contributed by atoms with E-state index in [1.165, 1.54) is 0 Å². The zero-order chi connectivity index (χ0) is 18.4. The summed E-state index contributed by atoms with van der Waals surface area (Å²) in [6.45, 7) is 0.304. The van der Waals surface area contributed by atoms with E-state index in [2.05, 4.69) is 31.9 Å². The predicted molar refractivity (Wildman–Crippen MR) is 103 cm³/mol. The zero-order valence-corrected chi connectivity index (χ0v) is 15.2. The van der Waals surface area contributed by atoms with Gasteiger partial charge in [-0.2, -0.15) is 0 Å². The molecule has 0 aliphatic carbocycles. The van der Waals surface area contributed by atoms with Gasteiger partial charge in [0.05, 0.1) is 18.4 Å². The van der Waals surface area contributed by atoms with Crippen LogP contribution in [0.3, 0.4) is 0 Å². The fourth-order valence-corrected chi connectivity index (χ4v) is 2.70. The number of furan rings is 1. The van der Waals surface area contributed by atoms with Crippen LogP contribution in [0.25, 0.3) is 0 Å². The summed E-state index contributed by atoms with van der Waals surface area (Å²) in [5, 5.41) is 8.22. The Balaban J connectivity index is 1.54. The number of halogens is 1. The molecule has 3 amide bonds. The number of hydrogen-bond donors (Lipinski definition) is 3. The first-order chi connectivity index (χ1) is 12.6. The summed E-state index contributed by atoms with van der Waals surface area (Å²) in [6.07, 6.45) is 1.55. The molecule has 6 nitrogen and oxygen atoms in total. The highest BCUT2D eigenvalue weighted by Crippen LogP contribution is 2.19. The van der Waals surface area contributed by atoms with Gasteiger partial charge in [-0.3, -0.25) is 4.79 Å². The average molecular weight is 414 g/mol.